The van der Waals surface area contributed by atoms with Gasteiger partial charge in [0.05, 0.1) is 6.04 Å². The van der Waals surface area contributed by atoms with Gasteiger partial charge >= 0.3 is 11.9 Å². The molecular formula is C28H42N6O7. The number of nitrogens with two attached hydrogens (primary N) is 2. The molecule has 0 saturated carbocycles. The van der Waals surface area contributed by atoms with E-state index < -0.39 is 53.8 Å². The molecule has 13 heteroatoms. The Bertz CT molecular complexity index is 1200. The van der Waals surface area contributed by atoms with Gasteiger partial charge in [-0.25, -0.2) is 4.79 Å². The summed E-state index contributed by atoms with van der Waals surface area (Å²) in [5, 5.41) is 27.2. The van der Waals surface area contributed by atoms with Gasteiger partial charge in [-0.15, -0.1) is 0 Å². The average Bonchev–Trinajstić information content (AvgIpc) is 3.35. The number of hydrogen-bond donors (Lipinski definition) is 8. The molecule has 10 N–H and O–H groups in total. The highest BCUT2D eigenvalue weighted by molar-refractivity contribution is 5.95. The van der Waals surface area contributed by atoms with Crippen LogP contribution in [0.15, 0.2) is 30.5 Å². The van der Waals surface area contributed by atoms with Gasteiger partial charge in [-0.05, 0) is 49.8 Å². The highest BCUT2D eigenvalue weighted by Crippen LogP contribution is 2.20. The number of H-pyrrole nitrogens is 1. The average molecular weight is 575 g/mol. The highest BCUT2D eigenvalue weighted by Gasteiger charge is 2.33. The first-order valence-corrected chi connectivity index (χ1v) is 13.8. The zero-order chi connectivity index (χ0) is 30.5. The standard InChI is InChI=1S/C28H42N6O7/c1-3-16(2)24(27(39)32-21(28(40)41)10-6-7-13-29)34-26(38)22(33-25(37)19(30)11-12-23(35)36)14-17-15-31-20-9-5-4-8-18(17)20/h4-5,8-9,15-16,19,21-22,24,31H,3,6-7,10-14,29-30H2,1-2H3,(H,32,39)(H,33,37)(H,34,38)(H,35,36)(H,40,41). The van der Waals surface area contributed by atoms with Crippen molar-refractivity contribution in [1.29, 1.82) is 0 Å². The van der Waals surface area contributed by atoms with Crippen molar-refractivity contribution in [2.75, 3.05) is 6.54 Å². The number of amides is 3. The Morgan fingerprint density at radius 2 is 1.61 bits per heavy atom. The molecule has 0 fully saturated rings. The van der Waals surface area contributed by atoms with Crippen LogP contribution in [0.3, 0.4) is 0 Å². The number of carbonyl (C=O) groups is 5. The Balaban J connectivity index is 2.28. The van der Waals surface area contributed by atoms with Gasteiger partial charge in [-0.2, -0.15) is 0 Å². The largest absolute Gasteiger partial charge is 0.481 e. The second-order valence-corrected chi connectivity index (χ2v) is 10.2. The fourth-order valence-corrected chi connectivity index (χ4v) is 4.39. The minimum Gasteiger partial charge on any atom is -0.481 e. The van der Waals surface area contributed by atoms with E-state index in [0.29, 0.717) is 25.8 Å². The number of benzene rings is 1. The van der Waals surface area contributed by atoms with Crippen LogP contribution in [0.5, 0.6) is 0 Å². The Kier molecular flexibility index (Phi) is 13.2. The summed E-state index contributed by atoms with van der Waals surface area (Å²) >= 11 is 0. The number of unbranched alkanes of at least 4 members (excludes halogenated alkanes) is 1. The van der Waals surface area contributed by atoms with Crippen LogP contribution < -0.4 is 27.4 Å². The van der Waals surface area contributed by atoms with Crippen LogP contribution in [0.25, 0.3) is 10.9 Å². The predicted octanol–water partition coefficient (Wildman–Crippen LogP) is 0.617. The molecule has 226 valence electrons. The minimum absolute atomic E-state index is 0.0545. The lowest BCUT2D eigenvalue weighted by molar-refractivity contribution is -0.143. The van der Waals surface area contributed by atoms with Crippen LogP contribution in [-0.2, 0) is 30.4 Å². The van der Waals surface area contributed by atoms with Crippen LogP contribution in [0.2, 0.25) is 0 Å². The molecule has 1 heterocycles. The lowest BCUT2D eigenvalue weighted by atomic mass is 9.96. The first-order valence-electron chi connectivity index (χ1n) is 13.8. The smallest absolute Gasteiger partial charge is 0.326 e. The van der Waals surface area contributed by atoms with Crippen LogP contribution in [0.1, 0.15) is 57.9 Å². The zero-order valence-corrected chi connectivity index (χ0v) is 23.5. The summed E-state index contributed by atoms with van der Waals surface area (Å²) < 4.78 is 0. The summed E-state index contributed by atoms with van der Waals surface area (Å²) in [7, 11) is 0. The van der Waals surface area contributed by atoms with E-state index in [1.165, 1.54) is 0 Å². The van der Waals surface area contributed by atoms with Gasteiger partial charge in [0.25, 0.3) is 0 Å². The lowest BCUT2D eigenvalue weighted by Gasteiger charge is -2.28. The van der Waals surface area contributed by atoms with Crippen LogP contribution >= 0.6 is 0 Å². The van der Waals surface area contributed by atoms with Crippen molar-refractivity contribution in [1.82, 2.24) is 20.9 Å². The van der Waals surface area contributed by atoms with Gasteiger partial charge in [-0.3, -0.25) is 19.2 Å². The molecule has 0 radical (unpaired) electrons. The molecule has 2 rings (SSSR count). The van der Waals surface area contributed by atoms with Crippen molar-refractivity contribution in [3.63, 3.8) is 0 Å². The number of fused-ring (bicyclic) bond motifs is 1. The molecule has 0 saturated heterocycles. The number of carbonyl (C=O) groups excluding carboxylic acids is 3. The zero-order valence-electron chi connectivity index (χ0n) is 23.5. The molecule has 0 bridgehead atoms. The highest BCUT2D eigenvalue weighted by atomic mass is 16.4. The SMILES string of the molecule is CCC(C)C(NC(=O)C(Cc1c[nH]c2ccccc12)NC(=O)C(N)CCC(=O)O)C(=O)NC(CCCCN)C(=O)O. The summed E-state index contributed by atoms with van der Waals surface area (Å²) in [5.41, 5.74) is 12.9. The molecule has 0 aliphatic carbocycles. The quantitative estimate of drug-likeness (QED) is 0.116. The molecule has 1 aromatic heterocycles. The topological polar surface area (TPSA) is 230 Å². The molecule has 1 aromatic carbocycles. The van der Waals surface area contributed by atoms with Crippen molar-refractivity contribution >= 4 is 40.6 Å². The number of aliphatic carboxylic acids is 2. The van der Waals surface area contributed by atoms with Crippen LogP contribution in [-0.4, -0.2) is 75.6 Å². The molecule has 41 heavy (non-hydrogen) atoms. The predicted molar refractivity (Wildman–Crippen MR) is 153 cm³/mol. The minimum atomic E-state index is -1.19. The monoisotopic (exact) mass is 574 g/mol. The molecule has 0 aliphatic rings. The first-order chi connectivity index (χ1) is 19.5. The Morgan fingerprint density at radius 3 is 2.24 bits per heavy atom. The van der Waals surface area contributed by atoms with Gasteiger partial charge < -0.3 is 42.6 Å². The number of hydrogen-bond acceptors (Lipinski definition) is 7. The fraction of sp³-hybridized carbons (Fsp3) is 0.536. The Labute approximate surface area is 238 Å². The van der Waals surface area contributed by atoms with E-state index in [4.69, 9.17) is 16.6 Å². The van der Waals surface area contributed by atoms with E-state index in [1.807, 2.05) is 31.2 Å². The van der Waals surface area contributed by atoms with Gasteiger partial charge in [0.2, 0.25) is 17.7 Å². The van der Waals surface area contributed by atoms with E-state index in [-0.39, 0.29) is 31.6 Å². The summed E-state index contributed by atoms with van der Waals surface area (Å²) in [5.74, 6) is -4.68. The molecular weight excluding hydrogens is 532 g/mol. The van der Waals surface area contributed by atoms with Crippen LogP contribution in [0.4, 0.5) is 0 Å². The van der Waals surface area contributed by atoms with Gasteiger partial charge in [0.1, 0.15) is 18.1 Å². The number of carboxylic acids is 2. The Morgan fingerprint density at radius 1 is 0.927 bits per heavy atom. The lowest BCUT2D eigenvalue weighted by Crippen LogP contribution is -2.59. The summed E-state index contributed by atoms with van der Waals surface area (Å²) in [6.07, 6.45) is 3.14. The van der Waals surface area contributed by atoms with Gasteiger partial charge in [0, 0.05) is 29.9 Å². The molecule has 5 unspecified atom stereocenters. The van der Waals surface area contributed by atoms with Gasteiger partial charge in [0.15, 0.2) is 0 Å². The number of carboxylic acid groups (broad SMARTS) is 2. The number of aromatic nitrogens is 1. The molecule has 0 aliphatic heterocycles. The third kappa shape index (κ3) is 10.2. The number of para-hydroxylation sites is 1. The molecule has 2 aromatic rings. The maximum Gasteiger partial charge on any atom is 0.326 e. The van der Waals surface area contributed by atoms with E-state index >= 15 is 0 Å². The number of rotatable bonds is 18. The summed E-state index contributed by atoms with van der Waals surface area (Å²) in [6.45, 7) is 3.98. The van der Waals surface area contributed by atoms with Crippen molar-refractivity contribution in [3.05, 3.63) is 36.0 Å². The second kappa shape index (κ2) is 16.3. The number of aromatic amines is 1. The third-order valence-electron chi connectivity index (χ3n) is 7.09. The second-order valence-electron chi connectivity index (χ2n) is 10.2. The molecule has 0 spiro atoms. The maximum absolute atomic E-state index is 13.6. The van der Waals surface area contributed by atoms with E-state index in [0.717, 1.165) is 16.5 Å². The summed E-state index contributed by atoms with van der Waals surface area (Å²) in [6, 6.07) is 2.88. The third-order valence-corrected chi connectivity index (χ3v) is 7.09. The van der Waals surface area contributed by atoms with Crippen LogP contribution in [0, 0.1) is 5.92 Å². The van der Waals surface area contributed by atoms with Crippen molar-refractivity contribution in [2.45, 2.75) is 83.0 Å². The first kappa shape index (κ1) is 33.2. The molecule has 5 atom stereocenters. The normalized spacial score (nSPS) is 14.8. The summed E-state index contributed by atoms with van der Waals surface area (Å²) in [4.78, 5) is 65.5. The fourth-order valence-electron chi connectivity index (χ4n) is 4.39. The van der Waals surface area contributed by atoms with Gasteiger partial charge in [-0.1, -0.05) is 38.5 Å². The maximum atomic E-state index is 13.6. The number of nitrogens with one attached hydrogen (secondary N) is 4. The molecule has 3 amide bonds. The molecule has 13 nitrogen and oxygen atoms in total. The van der Waals surface area contributed by atoms with Crippen molar-refractivity contribution < 1.29 is 34.2 Å². The van der Waals surface area contributed by atoms with Crippen molar-refractivity contribution in [2.24, 2.45) is 17.4 Å². The van der Waals surface area contributed by atoms with E-state index in [2.05, 4.69) is 20.9 Å². The van der Waals surface area contributed by atoms with E-state index in [1.54, 1.807) is 13.1 Å². The van der Waals surface area contributed by atoms with E-state index in [9.17, 15) is 29.1 Å². The Hall–Kier alpha value is -3.97. The van der Waals surface area contributed by atoms with Crippen molar-refractivity contribution in [3.8, 4) is 0 Å².